The van der Waals surface area contributed by atoms with Crippen LogP contribution in [-0.2, 0) is 13.0 Å². The Kier molecular flexibility index (Phi) is 3.35. The topological polar surface area (TPSA) is 17.8 Å². The summed E-state index contributed by atoms with van der Waals surface area (Å²) < 4.78 is 2.15. The van der Waals surface area contributed by atoms with Crippen molar-refractivity contribution in [1.82, 2.24) is 9.78 Å². The molecule has 0 saturated carbocycles. The predicted octanol–water partition coefficient (Wildman–Crippen LogP) is 3.19. The number of aryl methyl sites for hydroxylation is 2. The van der Waals surface area contributed by atoms with Crippen molar-refractivity contribution >= 4 is 0 Å². The molecule has 0 saturated heterocycles. The molecule has 1 aromatic rings. The van der Waals surface area contributed by atoms with Crippen LogP contribution in [0, 0.1) is 12.3 Å². The van der Waals surface area contributed by atoms with E-state index in [1.807, 2.05) is 20.0 Å². The average Bonchev–Trinajstić information content (AvgIpc) is 2.50. The largest absolute Gasteiger partial charge is 0.269 e. The molecule has 0 bridgehead atoms. The predicted molar refractivity (Wildman–Crippen MR) is 60.4 cm³/mol. The molecule has 2 rings (SSSR count). The molecule has 0 N–H and O–H groups in total. The first-order valence-electron chi connectivity index (χ1n) is 5.60. The molecule has 0 amide bonds. The average molecular weight is 194 g/mol. The lowest BCUT2D eigenvalue weighted by Gasteiger charge is -2.30. The Balaban J connectivity index is 0.000000461. The highest BCUT2D eigenvalue weighted by Crippen LogP contribution is 2.31. The Morgan fingerprint density at radius 1 is 1.36 bits per heavy atom. The number of aromatic nitrogens is 2. The lowest BCUT2D eigenvalue weighted by molar-refractivity contribution is 0.259. The normalized spacial score (nSPS) is 18.1. The van der Waals surface area contributed by atoms with Gasteiger partial charge in [0.05, 0.1) is 6.20 Å². The molecule has 2 heterocycles. The van der Waals surface area contributed by atoms with Crippen molar-refractivity contribution < 1.29 is 0 Å². The Morgan fingerprint density at radius 3 is 2.64 bits per heavy atom. The van der Waals surface area contributed by atoms with Gasteiger partial charge in [-0.15, -0.1) is 0 Å². The maximum atomic E-state index is 4.34. The van der Waals surface area contributed by atoms with Crippen molar-refractivity contribution in [2.24, 2.45) is 5.41 Å². The molecule has 1 aliphatic heterocycles. The van der Waals surface area contributed by atoms with E-state index < -0.39 is 0 Å². The van der Waals surface area contributed by atoms with Gasteiger partial charge >= 0.3 is 0 Å². The summed E-state index contributed by atoms with van der Waals surface area (Å²) in [6.45, 7) is 11.9. The minimum absolute atomic E-state index is 0.473. The fourth-order valence-corrected chi connectivity index (χ4v) is 1.88. The lowest BCUT2D eigenvalue weighted by Crippen LogP contribution is -2.26. The quantitative estimate of drug-likeness (QED) is 0.620. The first-order valence-corrected chi connectivity index (χ1v) is 5.60. The van der Waals surface area contributed by atoms with Crippen molar-refractivity contribution in [2.75, 3.05) is 0 Å². The van der Waals surface area contributed by atoms with Gasteiger partial charge in [0.2, 0.25) is 0 Å². The molecule has 0 radical (unpaired) electrons. The van der Waals surface area contributed by atoms with Gasteiger partial charge in [-0.25, -0.2) is 0 Å². The van der Waals surface area contributed by atoms with Crippen molar-refractivity contribution in [2.45, 2.75) is 54.0 Å². The highest BCUT2D eigenvalue weighted by Gasteiger charge is 2.26. The first-order chi connectivity index (χ1) is 6.58. The van der Waals surface area contributed by atoms with Gasteiger partial charge in [-0.05, 0) is 30.7 Å². The molecule has 0 aromatic carbocycles. The Labute approximate surface area is 87.3 Å². The summed E-state index contributed by atoms with van der Waals surface area (Å²) in [5.41, 5.74) is 3.26. The number of rotatable bonds is 0. The first kappa shape index (κ1) is 11.3. The molecular formula is C12H22N2. The molecule has 1 aromatic heterocycles. The smallest absolute Gasteiger partial charge is 0.0521 e. The van der Waals surface area contributed by atoms with Gasteiger partial charge < -0.3 is 0 Å². The summed E-state index contributed by atoms with van der Waals surface area (Å²) in [7, 11) is 0. The van der Waals surface area contributed by atoms with E-state index in [2.05, 4.69) is 30.6 Å². The van der Waals surface area contributed by atoms with E-state index in [9.17, 15) is 0 Å². The molecule has 0 fully saturated rings. The maximum Gasteiger partial charge on any atom is 0.0521 e. The van der Waals surface area contributed by atoms with Crippen LogP contribution in [0.3, 0.4) is 0 Å². The third kappa shape index (κ3) is 2.17. The second-order valence-corrected chi connectivity index (χ2v) is 4.59. The second kappa shape index (κ2) is 4.16. The molecular weight excluding hydrogens is 172 g/mol. The SMILES string of the molecule is CC.Cc1cnn2c1CC(C)(C)CC2. The Bertz CT molecular complexity index is 297. The molecule has 0 spiro atoms. The van der Waals surface area contributed by atoms with Crippen LogP contribution in [0.2, 0.25) is 0 Å². The standard InChI is InChI=1S/C10H16N2.C2H6/c1-8-7-11-12-5-4-10(2,3)6-9(8)12;1-2/h7H,4-6H2,1-3H3;1-2H3. The van der Waals surface area contributed by atoms with Gasteiger partial charge in [0, 0.05) is 12.2 Å². The van der Waals surface area contributed by atoms with Crippen molar-refractivity contribution in [3.63, 3.8) is 0 Å². The summed E-state index contributed by atoms with van der Waals surface area (Å²) in [6.07, 6.45) is 4.41. The molecule has 2 heteroatoms. The zero-order valence-corrected chi connectivity index (χ0v) is 10.1. The van der Waals surface area contributed by atoms with Crippen molar-refractivity contribution in [3.8, 4) is 0 Å². The van der Waals surface area contributed by atoms with E-state index in [4.69, 9.17) is 0 Å². The van der Waals surface area contributed by atoms with Gasteiger partial charge in [-0.1, -0.05) is 27.7 Å². The highest BCUT2D eigenvalue weighted by molar-refractivity contribution is 5.18. The fraction of sp³-hybridized carbons (Fsp3) is 0.750. The van der Waals surface area contributed by atoms with E-state index in [-0.39, 0.29) is 0 Å². The van der Waals surface area contributed by atoms with Crippen LogP contribution >= 0.6 is 0 Å². The molecule has 80 valence electrons. The Hall–Kier alpha value is -0.790. The van der Waals surface area contributed by atoms with Crippen LogP contribution in [-0.4, -0.2) is 9.78 Å². The van der Waals surface area contributed by atoms with Crippen LogP contribution in [0.1, 0.15) is 45.4 Å². The van der Waals surface area contributed by atoms with E-state index in [0.717, 1.165) is 6.54 Å². The molecule has 0 atom stereocenters. The number of hydrogen-bond acceptors (Lipinski definition) is 1. The van der Waals surface area contributed by atoms with Crippen LogP contribution in [0.15, 0.2) is 6.20 Å². The van der Waals surface area contributed by atoms with Gasteiger partial charge in [0.15, 0.2) is 0 Å². The van der Waals surface area contributed by atoms with Crippen LogP contribution in [0.5, 0.6) is 0 Å². The monoisotopic (exact) mass is 194 g/mol. The van der Waals surface area contributed by atoms with Gasteiger partial charge in [-0.3, -0.25) is 4.68 Å². The maximum absolute atomic E-state index is 4.34. The summed E-state index contributed by atoms with van der Waals surface area (Å²) >= 11 is 0. The highest BCUT2D eigenvalue weighted by atomic mass is 15.3. The number of nitrogens with zero attached hydrogens (tertiary/aromatic N) is 2. The van der Waals surface area contributed by atoms with Crippen molar-refractivity contribution in [3.05, 3.63) is 17.5 Å². The zero-order valence-electron chi connectivity index (χ0n) is 10.1. The fourth-order valence-electron chi connectivity index (χ4n) is 1.88. The lowest BCUT2D eigenvalue weighted by atomic mass is 9.81. The van der Waals surface area contributed by atoms with Crippen LogP contribution in [0.25, 0.3) is 0 Å². The third-order valence-electron chi connectivity index (χ3n) is 2.80. The van der Waals surface area contributed by atoms with E-state index in [0.29, 0.717) is 5.41 Å². The summed E-state index contributed by atoms with van der Waals surface area (Å²) in [4.78, 5) is 0. The zero-order chi connectivity index (χ0) is 10.8. The third-order valence-corrected chi connectivity index (χ3v) is 2.80. The minimum Gasteiger partial charge on any atom is -0.269 e. The van der Waals surface area contributed by atoms with E-state index in [1.165, 1.54) is 24.1 Å². The molecule has 1 aliphatic rings. The van der Waals surface area contributed by atoms with Gasteiger partial charge in [-0.2, -0.15) is 5.10 Å². The molecule has 0 aliphatic carbocycles. The summed E-state index contributed by atoms with van der Waals surface area (Å²) in [5, 5.41) is 4.34. The molecule has 0 unspecified atom stereocenters. The second-order valence-electron chi connectivity index (χ2n) is 4.59. The van der Waals surface area contributed by atoms with Crippen LogP contribution in [0.4, 0.5) is 0 Å². The molecule has 2 nitrogen and oxygen atoms in total. The van der Waals surface area contributed by atoms with E-state index >= 15 is 0 Å². The summed E-state index contributed by atoms with van der Waals surface area (Å²) in [5.74, 6) is 0. The number of fused-ring (bicyclic) bond motifs is 1. The van der Waals surface area contributed by atoms with Crippen molar-refractivity contribution in [1.29, 1.82) is 0 Å². The number of hydrogen-bond donors (Lipinski definition) is 0. The van der Waals surface area contributed by atoms with Gasteiger partial charge in [0.25, 0.3) is 0 Å². The van der Waals surface area contributed by atoms with Gasteiger partial charge in [0.1, 0.15) is 0 Å². The Morgan fingerprint density at radius 2 is 2.00 bits per heavy atom. The van der Waals surface area contributed by atoms with Crippen LogP contribution < -0.4 is 0 Å². The summed E-state index contributed by atoms with van der Waals surface area (Å²) in [6, 6.07) is 0. The molecule has 14 heavy (non-hydrogen) atoms. The van der Waals surface area contributed by atoms with E-state index in [1.54, 1.807) is 0 Å². The minimum atomic E-state index is 0.473.